The fourth-order valence-corrected chi connectivity index (χ4v) is 4.25. The van der Waals surface area contributed by atoms with Gasteiger partial charge in [-0.05, 0) is 36.2 Å². The highest BCUT2D eigenvalue weighted by Gasteiger charge is 2.21. The second-order valence-electron chi connectivity index (χ2n) is 6.77. The molecule has 0 aliphatic rings. The second kappa shape index (κ2) is 9.82. The van der Waals surface area contributed by atoms with Crippen molar-refractivity contribution in [3.8, 4) is 17.2 Å². The van der Waals surface area contributed by atoms with Crippen LogP contribution >= 0.6 is 0 Å². The summed E-state index contributed by atoms with van der Waals surface area (Å²) in [6.07, 6.45) is 4.13. The van der Waals surface area contributed by atoms with Gasteiger partial charge in [0.15, 0.2) is 0 Å². The van der Waals surface area contributed by atoms with E-state index in [1.807, 2.05) is 0 Å². The monoisotopic (exact) mass is 446 g/mol. The predicted octanol–water partition coefficient (Wildman–Crippen LogP) is 2.14. The molecule has 0 bridgehead atoms. The van der Waals surface area contributed by atoms with Crippen molar-refractivity contribution in [1.29, 1.82) is 0 Å². The number of methoxy groups -OCH3 is 3. The largest absolute Gasteiger partial charge is 0.497 e. The first-order valence-corrected chi connectivity index (χ1v) is 11.0. The van der Waals surface area contributed by atoms with Gasteiger partial charge < -0.3 is 19.9 Å². The number of rotatable bonds is 10. The number of anilines is 1. The molecular formula is C21H26N4O5S. The van der Waals surface area contributed by atoms with E-state index in [1.165, 1.54) is 17.9 Å². The molecule has 0 aliphatic carbocycles. The Morgan fingerprint density at radius 3 is 2.61 bits per heavy atom. The van der Waals surface area contributed by atoms with Crippen LogP contribution in [0.3, 0.4) is 0 Å². The Labute approximate surface area is 181 Å². The third-order valence-electron chi connectivity index (χ3n) is 4.70. The van der Waals surface area contributed by atoms with E-state index in [4.69, 9.17) is 19.9 Å². The molecule has 3 aromatic rings. The molecule has 1 aromatic heterocycles. The number of hydrogen-bond acceptors (Lipinski definition) is 7. The number of sulfonamides is 1. The summed E-state index contributed by atoms with van der Waals surface area (Å²) in [6.45, 7) is 0.575. The molecule has 0 fully saturated rings. The quantitative estimate of drug-likeness (QED) is 0.458. The summed E-state index contributed by atoms with van der Waals surface area (Å²) in [5.74, 6) is 1.13. The van der Waals surface area contributed by atoms with E-state index < -0.39 is 10.0 Å². The normalized spacial score (nSPS) is 11.5. The van der Waals surface area contributed by atoms with Crippen molar-refractivity contribution in [2.75, 3.05) is 33.7 Å². The molecule has 3 rings (SSSR count). The van der Waals surface area contributed by atoms with Crippen LogP contribution in [0.15, 0.2) is 53.7 Å². The Kier molecular flexibility index (Phi) is 7.16. The first-order chi connectivity index (χ1) is 14.9. The van der Waals surface area contributed by atoms with Gasteiger partial charge in [0.05, 0.1) is 32.7 Å². The van der Waals surface area contributed by atoms with Gasteiger partial charge in [-0.25, -0.2) is 17.8 Å². The summed E-state index contributed by atoms with van der Waals surface area (Å²) in [4.78, 5) is 0.0290. The Bertz CT molecular complexity index is 1140. The fraction of sp³-hybridized carbons (Fsp3) is 0.286. The Morgan fingerprint density at radius 2 is 1.90 bits per heavy atom. The number of hydrogen-bond donors (Lipinski definition) is 2. The molecule has 0 spiro atoms. The van der Waals surface area contributed by atoms with Crippen molar-refractivity contribution in [3.63, 3.8) is 0 Å². The molecule has 0 saturated heterocycles. The predicted molar refractivity (Wildman–Crippen MR) is 117 cm³/mol. The number of nitrogens with one attached hydrogen (secondary N) is 1. The molecule has 3 N–H and O–H groups in total. The van der Waals surface area contributed by atoms with Gasteiger partial charge in [-0.1, -0.05) is 6.07 Å². The Hall–Kier alpha value is -3.08. The van der Waals surface area contributed by atoms with E-state index in [0.29, 0.717) is 41.5 Å². The number of nitrogens with two attached hydrogens (primary N) is 1. The van der Waals surface area contributed by atoms with Gasteiger partial charge in [-0.15, -0.1) is 0 Å². The average Bonchev–Trinajstić information content (AvgIpc) is 3.24. The third-order valence-corrected chi connectivity index (χ3v) is 6.13. The van der Waals surface area contributed by atoms with E-state index in [0.717, 1.165) is 5.56 Å². The van der Waals surface area contributed by atoms with Gasteiger partial charge in [0.2, 0.25) is 10.0 Å². The Balaban J connectivity index is 1.89. The van der Waals surface area contributed by atoms with Crippen molar-refractivity contribution in [2.24, 2.45) is 0 Å². The minimum absolute atomic E-state index is 0.0290. The summed E-state index contributed by atoms with van der Waals surface area (Å²) >= 11 is 0. The Morgan fingerprint density at radius 1 is 1.10 bits per heavy atom. The van der Waals surface area contributed by atoms with Crippen molar-refractivity contribution < 1.29 is 22.6 Å². The van der Waals surface area contributed by atoms with Gasteiger partial charge in [0, 0.05) is 37.2 Å². The lowest BCUT2D eigenvalue weighted by molar-refractivity contribution is 0.202. The molecule has 0 unspecified atom stereocenters. The summed E-state index contributed by atoms with van der Waals surface area (Å²) in [6, 6.07) is 9.86. The maximum Gasteiger partial charge on any atom is 0.243 e. The van der Waals surface area contributed by atoms with Crippen LogP contribution < -0.4 is 19.9 Å². The highest BCUT2D eigenvalue weighted by atomic mass is 32.2. The van der Waals surface area contributed by atoms with Gasteiger partial charge in [0.25, 0.3) is 0 Å². The maximum atomic E-state index is 13.2. The molecule has 0 atom stereocenters. The molecule has 2 aromatic carbocycles. The molecule has 31 heavy (non-hydrogen) atoms. The smallest absolute Gasteiger partial charge is 0.243 e. The molecule has 0 aliphatic heterocycles. The van der Waals surface area contributed by atoms with Crippen molar-refractivity contribution >= 4 is 15.7 Å². The van der Waals surface area contributed by atoms with E-state index in [2.05, 4.69) is 9.82 Å². The van der Waals surface area contributed by atoms with Crippen LogP contribution in [0.1, 0.15) is 11.1 Å². The van der Waals surface area contributed by atoms with E-state index in [9.17, 15) is 8.42 Å². The highest BCUT2D eigenvalue weighted by Crippen LogP contribution is 2.26. The lowest BCUT2D eigenvalue weighted by Crippen LogP contribution is -2.25. The zero-order valence-corrected chi connectivity index (χ0v) is 18.5. The topological polar surface area (TPSA) is 118 Å². The van der Waals surface area contributed by atoms with Crippen LogP contribution in [-0.2, 0) is 27.7 Å². The van der Waals surface area contributed by atoms with E-state index >= 15 is 0 Å². The summed E-state index contributed by atoms with van der Waals surface area (Å²) < 4.78 is 46.1. The van der Waals surface area contributed by atoms with Crippen LogP contribution in [0.25, 0.3) is 5.69 Å². The van der Waals surface area contributed by atoms with Crippen LogP contribution in [0.5, 0.6) is 11.5 Å². The maximum absolute atomic E-state index is 13.2. The minimum atomic E-state index is -3.91. The van der Waals surface area contributed by atoms with E-state index in [1.54, 1.807) is 56.9 Å². The first-order valence-electron chi connectivity index (χ1n) is 9.51. The number of nitrogen functional groups attached to an aromatic ring is 1. The second-order valence-corrected chi connectivity index (χ2v) is 8.50. The van der Waals surface area contributed by atoms with Gasteiger partial charge in [-0.2, -0.15) is 5.10 Å². The van der Waals surface area contributed by atoms with Crippen molar-refractivity contribution in [3.05, 3.63) is 59.9 Å². The van der Waals surface area contributed by atoms with Gasteiger partial charge in [-0.3, -0.25) is 0 Å². The molecule has 1 heterocycles. The third kappa shape index (κ3) is 5.35. The molecule has 0 amide bonds. The standard InChI is InChI=1S/C21H26N4O5S/c1-28-9-8-15-12-23-25(14-15)19-7-5-17(22)10-21(19)31(26,27)24-13-16-4-6-18(29-2)11-20(16)30-3/h4-7,10-12,14,24H,8-9,13,22H2,1-3H3. The highest BCUT2D eigenvalue weighted by molar-refractivity contribution is 7.89. The minimum Gasteiger partial charge on any atom is -0.497 e. The van der Waals surface area contributed by atoms with Crippen LogP contribution in [-0.4, -0.2) is 46.1 Å². The number of benzene rings is 2. The molecule has 0 saturated carbocycles. The van der Waals surface area contributed by atoms with Crippen molar-refractivity contribution in [1.82, 2.24) is 14.5 Å². The van der Waals surface area contributed by atoms with Crippen LogP contribution in [0.4, 0.5) is 5.69 Å². The fourth-order valence-electron chi connectivity index (χ4n) is 3.02. The van der Waals surface area contributed by atoms with Crippen LogP contribution in [0.2, 0.25) is 0 Å². The van der Waals surface area contributed by atoms with Crippen molar-refractivity contribution in [2.45, 2.75) is 17.9 Å². The first kappa shape index (κ1) is 22.6. The average molecular weight is 447 g/mol. The molecule has 9 nitrogen and oxygen atoms in total. The molecule has 10 heteroatoms. The lowest BCUT2D eigenvalue weighted by atomic mass is 10.2. The zero-order chi connectivity index (χ0) is 22.4. The molecule has 166 valence electrons. The molecular weight excluding hydrogens is 420 g/mol. The van der Waals surface area contributed by atoms with Gasteiger partial charge in [0.1, 0.15) is 16.4 Å². The SMILES string of the molecule is COCCc1cnn(-c2ccc(N)cc2S(=O)(=O)NCc2ccc(OC)cc2OC)c1. The number of nitrogens with zero attached hydrogens (tertiary/aromatic N) is 2. The van der Waals surface area contributed by atoms with Gasteiger partial charge >= 0.3 is 0 Å². The van der Waals surface area contributed by atoms with Crippen LogP contribution in [0, 0.1) is 0 Å². The number of aromatic nitrogens is 2. The lowest BCUT2D eigenvalue weighted by Gasteiger charge is -2.14. The summed E-state index contributed by atoms with van der Waals surface area (Å²) in [5, 5.41) is 4.30. The van der Waals surface area contributed by atoms with E-state index in [-0.39, 0.29) is 11.4 Å². The summed E-state index contributed by atoms with van der Waals surface area (Å²) in [7, 11) is 0.779. The molecule has 0 radical (unpaired) electrons. The summed E-state index contributed by atoms with van der Waals surface area (Å²) in [5.41, 5.74) is 8.21. The number of ether oxygens (including phenoxy) is 3. The zero-order valence-electron chi connectivity index (χ0n) is 17.7.